The fourth-order valence-corrected chi connectivity index (χ4v) is 3.77. The predicted molar refractivity (Wildman–Crippen MR) is 111 cm³/mol. The second kappa shape index (κ2) is 7.98. The number of H-pyrrole nitrogens is 1. The lowest BCUT2D eigenvalue weighted by atomic mass is 9.92. The molecule has 7 N–H and O–H groups in total. The van der Waals surface area contributed by atoms with Crippen LogP contribution in [0.15, 0.2) is 48.6 Å². The van der Waals surface area contributed by atoms with Gasteiger partial charge < -0.3 is 26.8 Å². The van der Waals surface area contributed by atoms with Crippen LogP contribution in [0.4, 0.5) is 0 Å². The zero-order valence-electron chi connectivity index (χ0n) is 15.9. The summed E-state index contributed by atoms with van der Waals surface area (Å²) in [7, 11) is 0. The molecule has 2 fully saturated rings. The van der Waals surface area contributed by atoms with E-state index in [4.69, 9.17) is 11.5 Å². The van der Waals surface area contributed by atoms with Crippen molar-refractivity contribution in [2.75, 3.05) is 13.1 Å². The summed E-state index contributed by atoms with van der Waals surface area (Å²) in [5.74, 6) is 0.834. The fourth-order valence-electron chi connectivity index (χ4n) is 3.77. The quantitative estimate of drug-likeness (QED) is 0.490. The summed E-state index contributed by atoms with van der Waals surface area (Å²) in [6.07, 6.45) is 12.1. The van der Waals surface area contributed by atoms with Crippen LogP contribution in [-0.2, 0) is 0 Å². The molecule has 2 aromatic rings. The second-order valence-electron chi connectivity index (χ2n) is 7.66. The number of allylic oxidation sites excluding steroid dienone is 2. The van der Waals surface area contributed by atoms with E-state index in [1.54, 1.807) is 24.5 Å². The number of hydrogen-bond donors (Lipinski definition) is 5. The molecule has 28 heavy (non-hydrogen) atoms. The van der Waals surface area contributed by atoms with E-state index >= 15 is 0 Å². The molecule has 1 unspecified atom stereocenters. The molecule has 1 aliphatic heterocycles. The third-order valence-corrected chi connectivity index (χ3v) is 5.70. The normalized spacial score (nSPS) is 21.1. The first kappa shape index (κ1) is 18.4. The van der Waals surface area contributed by atoms with Crippen LogP contribution in [0.5, 0.6) is 5.75 Å². The van der Waals surface area contributed by atoms with Crippen molar-refractivity contribution in [3.05, 3.63) is 54.1 Å². The Morgan fingerprint density at radius 2 is 2.04 bits per heavy atom. The lowest BCUT2D eigenvalue weighted by Crippen LogP contribution is -2.43. The van der Waals surface area contributed by atoms with Crippen LogP contribution in [0.25, 0.3) is 16.8 Å². The molecule has 7 heteroatoms. The highest BCUT2D eigenvalue weighted by Gasteiger charge is 2.27. The molecule has 4 rings (SSSR count). The van der Waals surface area contributed by atoms with Gasteiger partial charge in [-0.3, -0.25) is 5.10 Å². The zero-order chi connectivity index (χ0) is 19.5. The lowest BCUT2D eigenvalue weighted by molar-refractivity contribution is 0.300. The number of nitrogens with zero attached hydrogens (tertiary/aromatic N) is 2. The molecule has 1 aromatic carbocycles. The van der Waals surface area contributed by atoms with Crippen molar-refractivity contribution in [1.82, 2.24) is 20.4 Å². The van der Waals surface area contributed by atoms with Gasteiger partial charge >= 0.3 is 0 Å². The summed E-state index contributed by atoms with van der Waals surface area (Å²) in [4.78, 5) is 2.18. The number of phenolic OH excluding ortho intramolecular Hbond substituents is 1. The molecular weight excluding hydrogens is 352 g/mol. The summed E-state index contributed by atoms with van der Waals surface area (Å²) in [6.45, 7) is 1.88. The molecule has 2 heterocycles. The van der Waals surface area contributed by atoms with E-state index in [1.165, 1.54) is 19.3 Å². The molecule has 1 aromatic heterocycles. The summed E-state index contributed by atoms with van der Waals surface area (Å²) in [5, 5.41) is 20.8. The van der Waals surface area contributed by atoms with Crippen molar-refractivity contribution in [1.29, 1.82) is 0 Å². The Morgan fingerprint density at radius 1 is 1.18 bits per heavy atom. The number of aromatic amines is 1. The Labute approximate surface area is 165 Å². The van der Waals surface area contributed by atoms with Crippen LogP contribution < -0.4 is 16.8 Å². The van der Waals surface area contributed by atoms with E-state index in [9.17, 15) is 5.11 Å². The third-order valence-electron chi connectivity index (χ3n) is 5.70. The van der Waals surface area contributed by atoms with Crippen LogP contribution in [0.3, 0.4) is 0 Å². The number of aromatic hydroxyl groups is 1. The second-order valence-corrected chi connectivity index (χ2v) is 7.66. The highest BCUT2D eigenvalue weighted by Crippen LogP contribution is 2.29. The highest BCUT2D eigenvalue weighted by molar-refractivity contribution is 5.74. The van der Waals surface area contributed by atoms with Crippen molar-refractivity contribution in [3.8, 4) is 16.9 Å². The molecular formula is C21H28N6O. The fraction of sp³-hybridized carbons (Fsp3) is 0.381. The number of rotatable bonds is 6. The van der Waals surface area contributed by atoms with Crippen molar-refractivity contribution < 1.29 is 5.11 Å². The molecule has 7 nitrogen and oxygen atoms in total. The van der Waals surface area contributed by atoms with Gasteiger partial charge in [0.1, 0.15) is 5.75 Å². The van der Waals surface area contributed by atoms with Crippen LogP contribution >= 0.6 is 0 Å². The van der Waals surface area contributed by atoms with Gasteiger partial charge in [0.25, 0.3) is 0 Å². The Balaban J connectivity index is 1.40. The molecule has 0 bridgehead atoms. The number of benzene rings is 1. The van der Waals surface area contributed by atoms with Crippen LogP contribution in [0, 0.1) is 0 Å². The Bertz CT molecular complexity index is 869. The molecule has 1 saturated carbocycles. The standard InChI is InChI=1S/C21H28N6O/c22-19(18-5-4-14(10-20(18)28)15-11-24-25-12-15)6-7-21(23)27-9-8-17(13-27)26-16-2-1-3-16/h4-7,10-12,16-17,26,28H,1-3,8-9,13,22-23H2,(H,24,25)/b19-6-,21-7+. The maximum atomic E-state index is 10.4. The highest BCUT2D eigenvalue weighted by atomic mass is 16.3. The van der Waals surface area contributed by atoms with Gasteiger partial charge in [-0.15, -0.1) is 0 Å². The molecule has 0 amide bonds. The summed E-state index contributed by atoms with van der Waals surface area (Å²) >= 11 is 0. The minimum atomic E-state index is 0.130. The maximum absolute atomic E-state index is 10.4. The molecule has 1 saturated heterocycles. The first-order valence-electron chi connectivity index (χ1n) is 9.86. The van der Waals surface area contributed by atoms with E-state index in [0.717, 1.165) is 30.6 Å². The van der Waals surface area contributed by atoms with Gasteiger partial charge in [0.2, 0.25) is 0 Å². The zero-order valence-corrected chi connectivity index (χ0v) is 15.9. The summed E-state index contributed by atoms with van der Waals surface area (Å²) in [5.41, 5.74) is 15.3. The first-order chi connectivity index (χ1) is 13.6. The number of nitrogens with two attached hydrogens (primary N) is 2. The topological polar surface area (TPSA) is 116 Å². The largest absolute Gasteiger partial charge is 0.507 e. The van der Waals surface area contributed by atoms with Crippen molar-refractivity contribution in [2.45, 2.75) is 37.8 Å². The average molecular weight is 380 g/mol. The smallest absolute Gasteiger partial charge is 0.125 e. The van der Waals surface area contributed by atoms with E-state index in [-0.39, 0.29) is 5.75 Å². The summed E-state index contributed by atoms with van der Waals surface area (Å²) < 4.78 is 0. The van der Waals surface area contributed by atoms with E-state index < -0.39 is 0 Å². The molecule has 0 radical (unpaired) electrons. The lowest BCUT2D eigenvalue weighted by Gasteiger charge is -2.30. The molecule has 1 aliphatic carbocycles. The Kier molecular flexibility index (Phi) is 5.25. The monoisotopic (exact) mass is 380 g/mol. The minimum Gasteiger partial charge on any atom is -0.507 e. The molecule has 2 aliphatic rings. The van der Waals surface area contributed by atoms with Crippen LogP contribution in [0.1, 0.15) is 31.2 Å². The van der Waals surface area contributed by atoms with E-state index in [0.29, 0.717) is 29.2 Å². The Hall–Kier alpha value is -2.93. The number of aromatic nitrogens is 2. The van der Waals surface area contributed by atoms with E-state index in [1.807, 2.05) is 18.2 Å². The maximum Gasteiger partial charge on any atom is 0.125 e. The van der Waals surface area contributed by atoms with Gasteiger partial charge in [-0.05, 0) is 49.1 Å². The number of hydrogen-bond acceptors (Lipinski definition) is 6. The van der Waals surface area contributed by atoms with Gasteiger partial charge in [0, 0.05) is 48.2 Å². The van der Waals surface area contributed by atoms with E-state index in [2.05, 4.69) is 20.4 Å². The molecule has 1 atom stereocenters. The van der Waals surface area contributed by atoms with Gasteiger partial charge in [-0.25, -0.2) is 0 Å². The van der Waals surface area contributed by atoms with Gasteiger partial charge in [-0.2, -0.15) is 5.10 Å². The van der Waals surface area contributed by atoms with Crippen molar-refractivity contribution in [3.63, 3.8) is 0 Å². The van der Waals surface area contributed by atoms with Gasteiger partial charge in [-0.1, -0.05) is 12.5 Å². The SMILES string of the molecule is N/C(=C\C=C(/N)N1CCC(NC2CCC2)C1)c1ccc(-c2cn[nH]c2)cc1O. The van der Waals surface area contributed by atoms with Crippen molar-refractivity contribution >= 4 is 5.70 Å². The molecule has 148 valence electrons. The average Bonchev–Trinajstić information content (AvgIpc) is 3.34. The minimum absolute atomic E-state index is 0.130. The summed E-state index contributed by atoms with van der Waals surface area (Å²) in [6, 6.07) is 6.61. The van der Waals surface area contributed by atoms with Gasteiger partial charge in [0.15, 0.2) is 0 Å². The first-order valence-corrected chi connectivity index (χ1v) is 9.86. The molecule has 0 spiro atoms. The van der Waals surface area contributed by atoms with Gasteiger partial charge in [0.05, 0.1) is 12.0 Å². The number of phenols is 1. The Morgan fingerprint density at radius 3 is 2.71 bits per heavy atom. The van der Waals surface area contributed by atoms with Crippen LogP contribution in [-0.4, -0.2) is 45.4 Å². The third kappa shape index (κ3) is 3.99. The number of likely N-dealkylation sites (tertiary alicyclic amines) is 1. The predicted octanol–water partition coefficient (Wildman–Crippen LogP) is 2.10. The number of nitrogens with one attached hydrogen (secondary N) is 2. The van der Waals surface area contributed by atoms with Crippen molar-refractivity contribution in [2.24, 2.45) is 11.5 Å². The van der Waals surface area contributed by atoms with Crippen LogP contribution in [0.2, 0.25) is 0 Å².